The molecule has 0 unspecified atom stereocenters. The van der Waals surface area contributed by atoms with Crippen LogP contribution in [0.4, 0.5) is 0 Å². The van der Waals surface area contributed by atoms with Crippen LogP contribution in [0.15, 0.2) is 36.4 Å². The summed E-state index contributed by atoms with van der Waals surface area (Å²) in [5, 5.41) is 2.94. The summed E-state index contributed by atoms with van der Waals surface area (Å²) < 4.78 is 5.34. The van der Waals surface area contributed by atoms with Crippen LogP contribution >= 0.6 is 0 Å². The molecule has 3 nitrogen and oxygen atoms in total. The zero-order valence-corrected chi connectivity index (χ0v) is 11.9. The zero-order chi connectivity index (χ0) is 14.0. The second-order valence-corrected chi connectivity index (χ2v) is 5.23. The van der Waals surface area contributed by atoms with E-state index < -0.39 is 0 Å². The van der Waals surface area contributed by atoms with Crippen molar-refractivity contribution in [2.24, 2.45) is 5.92 Å². The summed E-state index contributed by atoms with van der Waals surface area (Å²) in [5.41, 5.74) is 1.05. The SMILES string of the molecule is O=C(/C=C/c1ccccc1)NCCCC1CCOCC1. The summed E-state index contributed by atoms with van der Waals surface area (Å²) in [6.45, 7) is 2.56. The molecule has 20 heavy (non-hydrogen) atoms. The molecular formula is C17H23NO2. The summed E-state index contributed by atoms with van der Waals surface area (Å²) in [4.78, 5) is 11.6. The van der Waals surface area contributed by atoms with E-state index in [2.05, 4.69) is 5.32 Å². The predicted molar refractivity (Wildman–Crippen MR) is 81.3 cm³/mol. The van der Waals surface area contributed by atoms with Crippen LogP contribution in [0, 0.1) is 5.92 Å². The van der Waals surface area contributed by atoms with Gasteiger partial charge in [0.1, 0.15) is 0 Å². The molecule has 1 heterocycles. The lowest BCUT2D eigenvalue weighted by Gasteiger charge is -2.21. The van der Waals surface area contributed by atoms with E-state index in [-0.39, 0.29) is 5.91 Å². The van der Waals surface area contributed by atoms with Crippen molar-refractivity contribution >= 4 is 12.0 Å². The van der Waals surface area contributed by atoms with Crippen molar-refractivity contribution in [2.75, 3.05) is 19.8 Å². The molecule has 1 aliphatic rings. The van der Waals surface area contributed by atoms with Gasteiger partial charge < -0.3 is 10.1 Å². The number of carbonyl (C=O) groups excluding carboxylic acids is 1. The lowest BCUT2D eigenvalue weighted by molar-refractivity contribution is -0.116. The third-order valence-electron chi connectivity index (χ3n) is 3.66. The van der Waals surface area contributed by atoms with Gasteiger partial charge in [-0.05, 0) is 43.2 Å². The Labute approximate surface area is 121 Å². The number of hydrogen-bond acceptors (Lipinski definition) is 2. The maximum atomic E-state index is 11.6. The predicted octanol–water partition coefficient (Wildman–Crippen LogP) is 3.02. The largest absolute Gasteiger partial charge is 0.381 e. The van der Waals surface area contributed by atoms with Gasteiger partial charge in [-0.15, -0.1) is 0 Å². The Kier molecular flexibility index (Phi) is 6.32. The van der Waals surface area contributed by atoms with Gasteiger partial charge in [-0.2, -0.15) is 0 Å². The molecule has 0 spiro atoms. The normalized spacial score (nSPS) is 16.4. The van der Waals surface area contributed by atoms with Crippen molar-refractivity contribution in [1.82, 2.24) is 5.32 Å². The number of rotatable bonds is 6. The molecule has 108 valence electrons. The van der Waals surface area contributed by atoms with Gasteiger partial charge in [-0.1, -0.05) is 30.3 Å². The monoisotopic (exact) mass is 273 g/mol. The molecule has 2 rings (SSSR count). The lowest BCUT2D eigenvalue weighted by Crippen LogP contribution is -2.23. The number of nitrogens with one attached hydrogen (secondary N) is 1. The van der Waals surface area contributed by atoms with E-state index >= 15 is 0 Å². The highest BCUT2D eigenvalue weighted by Crippen LogP contribution is 2.19. The molecule has 0 radical (unpaired) electrons. The van der Waals surface area contributed by atoms with Crippen LogP contribution in [-0.4, -0.2) is 25.7 Å². The van der Waals surface area contributed by atoms with Crippen LogP contribution in [0.2, 0.25) is 0 Å². The van der Waals surface area contributed by atoms with Crippen LogP contribution < -0.4 is 5.32 Å². The Morgan fingerprint density at radius 1 is 1.25 bits per heavy atom. The zero-order valence-electron chi connectivity index (χ0n) is 11.9. The molecule has 1 amide bonds. The minimum atomic E-state index is -0.0131. The average Bonchev–Trinajstić information content (AvgIpc) is 2.52. The van der Waals surface area contributed by atoms with E-state index in [1.165, 1.54) is 19.3 Å². The molecule has 0 saturated carbocycles. The fourth-order valence-corrected chi connectivity index (χ4v) is 2.43. The topological polar surface area (TPSA) is 38.3 Å². The van der Waals surface area contributed by atoms with Gasteiger partial charge in [0, 0.05) is 25.8 Å². The summed E-state index contributed by atoms with van der Waals surface area (Å²) in [7, 11) is 0. The molecule has 0 aromatic heterocycles. The second kappa shape index (κ2) is 8.54. The summed E-state index contributed by atoms with van der Waals surface area (Å²) in [6.07, 6.45) is 8.02. The smallest absolute Gasteiger partial charge is 0.243 e. The van der Waals surface area contributed by atoms with Gasteiger partial charge in [0.15, 0.2) is 0 Å². The van der Waals surface area contributed by atoms with Gasteiger partial charge >= 0.3 is 0 Å². The van der Waals surface area contributed by atoms with Crippen molar-refractivity contribution < 1.29 is 9.53 Å². The molecule has 0 atom stereocenters. The van der Waals surface area contributed by atoms with E-state index in [9.17, 15) is 4.79 Å². The number of hydrogen-bond donors (Lipinski definition) is 1. The third kappa shape index (κ3) is 5.57. The maximum absolute atomic E-state index is 11.6. The van der Waals surface area contributed by atoms with E-state index in [4.69, 9.17) is 4.74 Å². The fourth-order valence-electron chi connectivity index (χ4n) is 2.43. The molecular weight excluding hydrogens is 250 g/mol. The highest BCUT2D eigenvalue weighted by molar-refractivity contribution is 5.91. The van der Waals surface area contributed by atoms with E-state index in [0.29, 0.717) is 0 Å². The summed E-state index contributed by atoms with van der Waals surface area (Å²) >= 11 is 0. The highest BCUT2D eigenvalue weighted by atomic mass is 16.5. The Hall–Kier alpha value is -1.61. The molecule has 1 aromatic rings. The first-order chi connectivity index (χ1) is 9.84. The van der Waals surface area contributed by atoms with Gasteiger partial charge in [0.2, 0.25) is 5.91 Å². The first kappa shape index (κ1) is 14.8. The summed E-state index contributed by atoms with van der Waals surface area (Å²) in [5.74, 6) is 0.765. The van der Waals surface area contributed by atoms with Crippen LogP contribution in [-0.2, 0) is 9.53 Å². The minimum absolute atomic E-state index is 0.0131. The van der Waals surface area contributed by atoms with Gasteiger partial charge in [0.05, 0.1) is 0 Å². The van der Waals surface area contributed by atoms with Crippen LogP contribution in [0.25, 0.3) is 6.08 Å². The van der Waals surface area contributed by atoms with Crippen molar-refractivity contribution in [3.63, 3.8) is 0 Å². The quantitative estimate of drug-likeness (QED) is 0.639. The van der Waals surface area contributed by atoms with Crippen molar-refractivity contribution in [3.05, 3.63) is 42.0 Å². The number of ether oxygens (including phenoxy) is 1. The standard InChI is InChI=1S/C17H23NO2/c19-17(9-8-15-5-2-1-3-6-15)18-12-4-7-16-10-13-20-14-11-16/h1-3,5-6,8-9,16H,4,7,10-14H2,(H,18,19)/b9-8+. The first-order valence-corrected chi connectivity index (χ1v) is 7.43. The average molecular weight is 273 g/mol. The third-order valence-corrected chi connectivity index (χ3v) is 3.66. The van der Waals surface area contributed by atoms with E-state index in [1.807, 2.05) is 36.4 Å². The Balaban J connectivity index is 1.59. The maximum Gasteiger partial charge on any atom is 0.243 e. The lowest BCUT2D eigenvalue weighted by atomic mass is 9.95. The molecule has 1 aliphatic heterocycles. The van der Waals surface area contributed by atoms with Gasteiger partial charge in [0.25, 0.3) is 0 Å². The Bertz CT molecular complexity index is 422. The molecule has 3 heteroatoms. The second-order valence-electron chi connectivity index (χ2n) is 5.23. The van der Waals surface area contributed by atoms with Crippen LogP contribution in [0.1, 0.15) is 31.2 Å². The highest BCUT2D eigenvalue weighted by Gasteiger charge is 2.12. The molecule has 1 saturated heterocycles. The van der Waals surface area contributed by atoms with Gasteiger partial charge in [-0.25, -0.2) is 0 Å². The van der Waals surface area contributed by atoms with E-state index in [0.717, 1.165) is 37.7 Å². The van der Waals surface area contributed by atoms with Gasteiger partial charge in [-0.3, -0.25) is 4.79 Å². The molecule has 1 fully saturated rings. The summed E-state index contributed by atoms with van der Waals surface area (Å²) in [6, 6.07) is 9.86. The van der Waals surface area contributed by atoms with Crippen LogP contribution in [0.5, 0.6) is 0 Å². The van der Waals surface area contributed by atoms with Crippen molar-refractivity contribution in [2.45, 2.75) is 25.7 Å². The van der Waals surface area contributed by atoms with Crippen molar-refractivity contribution in [1.29, 1.82) is 0 Å². The minimum Gasteiger partial charge on any atom is -0.381 e. The number of benzene rings is 1. The number of carbonyl (C=O) groups is 1. The van der Waals surface area contributed by atoms with Crippen LogP contribution in [0.3, 0.4) is 0 Å². The fraction of sp³-hybridized carbons (Fsp3) is 0.471. The molecule has 0 bridgehead atoms. The Morgan fingerprint density at radius 3 is 2.75 bits per heavy atom. The molecule has 0 aliphatic carbocycles. The van der Waals surface area contributed by atoms with E-state index in [1.54, 1.807) is 6.08 Å². The Morgan fingerprint density at radius 2 is 2.00 bits per heavy atom. The van der Waals surface area contributed by atoms with Crippen molar-refractivity contribution in [3.8, 4) is 0 Å². The number of amides is 1. The molecule has 1 N–H and O–H groups in total. The first-order valence-electron chi connectivity index (χ1n) is 7.43. The molecule has 1 aromatic carbocycles.